The first-order valence-electron chi connectivity index (χ1n) is 8.18. The van der Waals surface area contributed by atoms with Crippen LogP contribution in [-0.4, -0.2) is 54.9 Å². The number of fused-ring (bicyclic) bond motifs is 1. The van der Waals surface area contributed by atoms with Gasteiger partial charge in [0.1, 0.15) is 24.9 Å². The van der Waals surface area contributed by atoms with Crippen LogP contribution in [-0.2, 0) is 23.7 Å². The van der Waals surface area contributed by atoms with Crippen molar-refractivity contribution in [2.45, 2.75) is 31.0 Å². The minimum Gasteiger partial charge on any atom is -0.463 e. The highest BCUT2D eigenvalue weighted by Crippen LogP contribution is 2.42. The molecule has 6 atom stereocenters. The van der Waals surface area contributed by atoms with Crippen LogP contribution >= 0.6 is 23.2 Å². The first kappa shape index (κ1) is 18.2. The molecule has 2 saturated heterocycles. The van der Waals surface area contributed by atoms with Crippen molar-refractivity contribution in [3.63, 3.8) is 0 Å². The Hall–Kier alpha value is -1.22. The number of ketones is 1. The summed E-state index contributed by atoms with van der Waals surface area (Å²) < 4.78 is 21.0. The maximum absolute atomic E-state index is 12.4. The number of benzene rings is 1. The Bertz CT molecular complexity index is 740. The summed E-state index contributed by atoms with van der Waals surface area (Å²) in [5, 5.41) is 10.7. The second-order valence-electron chi connectivity index (χ2n) is 6.52. The van der Waals surface area contributed by atoms with Crippen LogP contribution < -0.4 is 0 Å². The van der Waals surface area contributed by atoms with Crippen LogP contribution in [0.1, 0.15) is 16.8 Å². The highest BCUT2D eigenvalue weighted by molar-refractivity contribution is 6.42. The molecule has 1 aromatic rings. The van der Waals surface area contributed by atoms with Gasteiger partial charge >= 0.3 is 5.97 Å². The number of aliphatic hydroxyl groups excluding tert-OH is 1. The van der Waals surface area contributed by atoms with Crippen molar-refractivity contribution in [3.8, 4) is 0 Å². The molecule has 0 radical (unpaired) electrons. The number of esters is 1. The van der Waals surface area contributed by atoms with Gasteiger partial charge in [0.05, 0.1) is 16.0 Å². The largest absolute Gasteiger partial charge is 0.463 e. The molecule has 2 aliphatic heterocycles. The molecule has 1 aliphatic carbocycles. The second kappa shape index (κ2) is 7.07. The quantitative estimate of drug-likeness (QED) is 0.592. The molecule has 0 bridgehead atoms. The zero-order valence-corrected chi connectivity index (χ0v) is 15.0. The highest BCUT2D eigenvalue weighted by Gasteiger charge is 2.51. The summed E-state index contributed by atoms with van der Waals surface area (Å²) >= 11 is 11.8. The van der Waals surface area contributed by atoms with E-state index >= 15 is 0 Å². The number of hydrogen-bond donors (Lipinski definition) is 1. The second-order valence-corrected chi connectivity index (χ2v) is 7.34. The minimum atomic E-state index is -0.928. The smallest absolute Gasteiger partial charge is 0.309 e. The molecule has 140 valence electrons. The standard InChI is InChI=1S/C17H16Cl2O7/c18-10-2-1-7(3-11(10)19)13(20)8-4-9(8)16(22)23-5-12-14(21)15-17(26-12)25-6-24-15/h1-3,8-9,12,14-15,17,21H,4-6H2. The van der Waals surface area contributed by atoms with E-state index in [0.717, 1.165) is 0 Å². The Morgan fingerprint density at radius 2 is 2.00 bits per heavy atom. The third kappa shape index (κ3) is 3.35. The van der Waals surface area contributed by atoms with Crippen LogP contribution in [0.15, 0.2) is 18.2 Å². The van der Waals surface area contributed by atoms with E-state index in [0.29, 0.717) is 22.0 Å². The van der Waals surface area contributed by atoms with Crippen LogP contribution in [0.5, 0.6) is 0 Å². The van der Waals surface area contributed by atoms with Gasteiger partial charge in [-0.05, 0) is 24.6 Å². The normalized spacial score (nSPS) is 35.2. The molecule has 4 rings (SSSR count). The summed E-state index contributed by atoms with van der Waals surface area (Å²) in [6.07, 6.45) is -2.42. The van der Waals surface area contributed by atoms with Gasteiger partial charge in [0.25, 0.3) is 0 Å². The topological polar surface area (TPSA) is 91.3 Å². The molecule has 7 nitrogen and oxygen atoms in total. The average molecular weight is 403 g/mol. The number of ether oxygens (including phenoxy) is 4. The molecule has 3 aliphatic rings. The van der Waals surface area contributed by atoms with Gasteiger partial charge in [-0.1, -0.05) is 23.2 Å². The Balaban J connectivity index is 1.29. The van der Waals surface area contributed by atoms with Gasteiger partial charge in [-0.15, -0.1) is 0 Å². The monoisotopic (exact) mass is 402 g/mol. The Morgan fingerprint density at radius 1 is 1.19 bits per heavy atom. The summed E-state index contributed by atoms with van der Waals surface area (Å²) in [4.78, 5) is 24.6. The van der Waals surface area contributed by atoms with E-state index in [1.54, 1.807) is 12.1 Å². The first-order chi connectivity index (χ1) is 12.5. The zero-order chi connectivity index (χ0) is 18.4. The lowest BCUT2D eigenvalue weighted by atomic mass is 10.1. The minimum absolute atomic E-state index is 0.0689. The van der Waals surface area contributed by atoms with Crippen molar-refractivity contribution >= 4 is 35.0 Å². The fourth-order valence-electron chi connectivity index (χ4n) is 3.22. The van der Waals surface area contributed by atoms with Crippen molar-refractivity contribution in [1.29, 1.82) is 0 Å². The Kier molecular flexibility index (Phi) is 4.94. The van der Waals surface area contributed by atoms with E-state index in [2.05, 4.69) is 0 Å². The lowest BCUT2D eigenvalue weighted by Gasteiger charge is -2.16. The molecule has 2 heterocycles. The number of carbonyl (C=O) groups is 2. The predicted octanol–water partition coefficient (Wildman–Crippen LogP) is 1.81. The summed E-state index contributed by atoms with van der Waals surface area (Å²) in [6.45, 7) is -0.0522. The number of halogens is 2. The lowest BCUT2D eigenvalue weighted by Crippen LogP contribution is -2.35. The number of aliphatic hydroxyl groups is 1. The van der Waals surface area contributed by atoms with Gasteiger partial charge in [-0.2, -0.15) is 0 Å². The van der Waals surface area contributed by atoms with Gasteiger partial charge in [0, 0.05) is 11.5 Å². The van der Waals surface area contributed by atoms with Gasteiger partial charge in [0.15, 0.2) is 18.9 Å². The average Bonchev–Trinajstić information content (AvgIpc) is 3.20. The van der Waals surface area contributed by atoms with Gasteiger partial charge in [-0.25, -0.2) is 0 Å². The Morgan fingerprint density at radius 3 is 2.73 bits per heavy atom. The van der Waals surface area contributed by atoms with Gasteiger partial charge in [-0.3, -0.25) is 9.59 Å². The van der Waals surface area contributed by atoms with Gasteiger partial charge < -0.3 is 24.1 Å². The summed E-state index contributed by atoms with van der Waals surface area (Å²) in [7, 11) is 0. The van der Waals surface area contributed by atoms with Crippen molar-refractivity contribution in [1.82, 2.24) is 0 Å². The maximum atomic E-state index is 12.4. The maximum Gasteiger partial charge on any atom is 0.309 e. The first-order valence-corrected chi connectivity index (χ1v) is 8.94. The van der Waals surface area contributed by atoms with Crippen LogP contribution in [0.25, 0.3) is 0 Å². The summed E-state index contributed by atoms with van der Waals surface area (Å²) in [5.74, 6) is -1.58. The fraction of sp³-hybridized carbons (Fsp3) is 0.529. The van der Waals surface area contributed by atoms with E-state index < -0.39 is 42.4 Å². The third-order valence-corrected chi connectivity index (χ3v) is 5.55. The van der Waals surface area contributed by atoms with Crippen LogP contribution in [0.4, 0.5) is 0 Å². The number of carbonyl (C=O) groups excluding carboxylic acids is 2. The molecule has 0 aromatic heterocycles. The van der Waals surface area contributed by atoms with Crippen LogP contribution in [0.2, 0.25) is 10.0 Å². The third-order valence-electron chi connectivity index (χ3n) is 4.81. The molecule has 1 aromatic carbocycles. The molecule has 9 heteroatoms. The molecule has 0 amide bonds. The zero-order valence-electron chi connectivity index (χ0n) is 13.5. The molecule has 1 N–H and O–H groups in total. The van der Waals surface area contributed by atoms with E-state index in [9.17, 15) is 14.7 Å². The number of rotatable bonds is 5. The molecule has 6 unspecified atom stereocenters. The molecule has 26 heavy (non-hydrogen) atoms. The van der Waals surface area contributed by atoms with Crippen molar-refractivity contribution in [2.24, 2.45) is 11.8 Å². The van der Waals surface area contributed by atoms with E-state index in [-0.39, 0.29) is 19.2 Å². The fourth-order valence-corrected chi connectivity index (χ4v) is 3.51. The summed E-state index contributed by atoms with van der Waals surface area (Å²) in [6, 6.07) is 4.62. The Labute approximate surface area is 159 Å². The summed E-state index contributed by atoms with van der Waals surface area (Å²) in [5.41, 5.74) is 0.413. The lowest BCUT2D eigenvalue weighted by molar-refractivity contribution is -0.163. The molecule has 0 spiro atoms. The van der Waals surface area contributed by atoms with E-state index in [1.807, 2.05) is 0 Å². The SMILES string of the molecule is O=C(OCC1OC2OCOC2C1O)C1CC1C(=O)c1ccc(Cl)c(Cl)c1. The van der Waals surface area contributed by atoms with E-state index in [1.165, 1.54) is 6.07 Å². The van der Waals surface area contributed by atoms with Crippen molar-refractivity contribution in [3.05, 3.63) is 33.8 Å². The molecular formula is C17H16Cl2O7. The predicted molar refractivity (Wildman–Crippen MR) is 88.8 cm³/mol. The van der Waals surface area contributed by atoms with Crippen LogP contribution in [0.3, 0.4) is 0 Å². The van der Waals surface area contributed by atoms with Gasteiger partial charge in [0.2, 0.25) is 0 Å². The van der Waals surface area contributed by atoms with Crippen molar-refractivity contribution in [2.75, 3.05) is 13.4 Å². The van der Waals surface area contributed by atoms with Crippen LogP contribution in [0, 0.1) is 11.8 Å². The van der Waals surface area contributed by atoms with Crippen molar-refractivity contribution < 1.29 is 33.6 Å². The molecular weight excluding hydrogens is 387 g/mol. The number of Topliss-reactive ketones (excluding diaryl/α,β-unsaturated/α-hetero) is 1. The molecule has 3 fully saturated rings. The van der Waals surface area contributed by atoms with E-state index in [4.69, 9.17) is 42.1 Å². The highest BCUT2D eigenvalue weighted by atomic mass is 35.5. The molecule has 1 saturated carbocycles. The number of hydrogen-bond acceptors (Lipinski definition) is 7.